The first-order valence-corrected chi connectivity index (χ1v) is 7.23. The minimum absolute atomic E-state index is 0.127. The van der Waals surface area contributed by atoms with Gasteiger partial charge in [0.05, 0.1) is 5.69 Å². The Morgan fingerprint density at radius 3 is 2.80 bits per heavy atom. The molecule has 25 heavy (non-hydrogen) atoms. The molecule has 0 spiro atoms. The maximum atomic E-state index is 13.1. The Bertz CT molecular complexity index is 852. The summed E-state index contributed by atoms with van der Waals surface area (Å²) in [6, 6.07) is 9.22. The number of rotatable bonds is 4. The average molecular weight is 344 g/mol. The predicted octanol–water partition coefficient (Wildman–Crippen LogP) is 1.13. The van der Waals surface area contributed by atoms with Crippen LogP contribution in [-0.4, -0.2) is 38.3 Å². The number of nitrogen functional groups attached to an aromatic ring is 1. The number of nitrogens with one attached hydrogen (secondary N) is 2. The van der Waals surface area contributed by atoms with Crippen molar-refractivity contribution in [1.82, 2.24) is 25.5 Å². The molecule has 0 aliphatic carbocycles. The molecule has 3 aromatic rings. The van der Waals surface area contributed by atoms with Gasteiger partial charge in [-0.15, -0.1) is 0 Å². The van der Waals surface area contributed by atoms with Crippen molar-refractivity contribution >= 4 is 11.9 Å². The molecule has 130 valence electrons. The van der Waals surface area contributed by atoms with Gasteiger partial charge in [0.2, 0.25) is 5.95 Å². The Labute approximate surface area is 142 Å². The van der Waals surface area contributed by atoms with Gasteiger partial charge in [0.25, 0.3) is 5.91 Å². The summed E-state index contributed by atoms with van der Waals surface area (Å²) in [5, 5.41) is 16.3. The molecule has 9 heteroatoms. The molecule has 0 aliphatic rings. The van der Waals surface area contributed by atoms with Crippen LogP contribution in [0.25, 0.3) is 11.4 Å². The minimum Gasteiger partial charge on any atom is -0.400 e. The molecule has 1 aromatic carbocycles. The van der Waals surface area contributed by atoms with E-state index in [0.717, 1.165) is 7.11 Å². The van der Waals surface area contributed by atoms with E-state index in [1.807, 2.05) is 0 Å². The highest BCUT2D eigenvalue weighted by Gasteiger charge is 2.12. The highest BCUT2D eigenvalue weighted by atomic mass is 19.1. The lowest BCUT2D eigenvalue weighted by Gasteiger charge is -2.03. The van der Waals surface area contributed by atoms with Crippen LogP contribution in [0.3, 0.4) is 0 Å². The van der Waals surface area contributed by atoms with Crippen molar-refractivity contribution < 1.29 is 14.3 Å². The fraction of sp³-hybridized carbons (Fsp3) is 0.125. The van der Waals surface area contributed by atoms with Gasteiger partial charge in [0.15, 0.2) is 0 Å². The molecule has 0 fully saturated rings. The minimum atomic E-state index is -0.352. The van der Waals surface area contributed by atoms with Gasteiger partial charge in [-0.05, 0) is 29.8 Å². The van der Waals surface area contributed by atoms with Crippen LogP contribution in [0.5, 0.6) is 0 Å². The second-order valence-corrected chi connectivity index (χ2v) is 4.78. The molecule has 3 rings (SSSR count). The summed E-state index contributed by atoms with van der Waals surface area (Å²) >= 11 is 0. The van der Waals surface area contributed by atoms with Crippen molar-refractivity contribution in [2.75, 3.05) is 12.8 Å². The first-order chi connectivity index (χ1) is 12.1. The van der Waals surface area contributed by atoms with E-state index in [-0.39, 0.29) is 29.9 Å². The SMILES string of the molecule is CO.Nc1nccc(-c2cc(C(=O)NCc3cccc(F)c3)[nH]n2)n1. The number of benzene rings is 1. The second kappa shape index (κ2) is 8.50. The molecule has 5 N–H and O–H groups in total. The first-order valence-electron chi connectivity index (χ1n) is 7.23. The highest BCUT2D eigenvalue weighted by Crippen LogP contribution is 2.15. The molecule has 0 unspecified atom stereocenters. The van der Waals surface area contributed by atoms with E-state index in [2.05, 4.69) is 25.5 Å². The number of anilines is 1. The van der Waals surface area contributed by atoms with Crippen LogP contribution in [0.4, 0.5) is 10.3 Å². The van der Waals surface area contributed by atoms with Crippen molar-refractivity contribution in [1.29, 1.82) is 0 Å². The maximum absolute atomic E-state index is 13.1. The fourth-order valence-electron chi connectivity index (χ4n) is 2.01. The molecule has 0 bridgehead atoms. The summed E-state index contributed by atoms with van der Waals surface area (Å²) in [7, 11) is 1.00. The van der Waals surface area contributed by atoms with Gasteiger partial charge >= 0.3 is 0 Å². The lowest BCUT2D eigenvalue weighted by molar-refractivity contribution is 0.0946. The lowest BCUT2D eigenvalue weighted by atomic mass is 10.2. The number of carbonyl (C=O) groups is 1. The summed E-state index contributed by atoms with van der Waals surface area (Å²) in [4.78, 5) is 19.9. The summed E-state index contributed by atoms with van der Waals surface area (Å²) in [5.41, 5.74) is 7.45. The summed E-state index contributed by atoms with van der Waals surface area (Å²) in [6.45, 7) is 0.214. The first kappa shape index (κ1) is 18.0. The van der Waals surface area contributed by atoms with Gasteiger partial charge in [-0.3, -0.25) is 9.89 Å². The standard InChI is InChI=1S/C15H13FN6O.CH4O/c16-10-3-1-2-9(6-10)8-19-14(23)13-7-12(21-22-13)11-4-5-18-15(17)20-11;1-2/h1-7H,8H2,(H,19,23)(H,21,22)(H2,17,18,20);2H,1H3. The number of aromatic amines is 1. The molecule has 8 nitrogen and oxygen atoms in total. The van der Waals surface area contributed by atoms with Crippen molar-refractivity contribution in [2.45, 2.75) is 6.54 Å². The van der Waals surface area contributed by atoms with Crippen LogP contribution >= 0.6 is 0 Å². The Hall–Kier alpha value is -3.33. The van der Waals surface area contributed by atoms with E-state index >= 15 is 0 Å². The van der Waals surface area contributed by atoms with Crippen molar-refractivity contribution in [2.24, 2.45) is 0 Å². The summed E-state index contributed by atoms with van der Waals surface area (Å²) in [6.07, 6.45) is 1.51. The molecule has 0 radical (unpaired) electrons. The van der Waals surface area contributed by atoms with Gasteiger partial charge in [-0.1, -0.05) is 12.1 Å². The number of halogens is 1. The van der Waals surface area contributed by atoms with Crippen LogP contribution in [0.15, 0.2) is 42.6 Å². The third kappa shape index (κ3) is 4.82. The van der Waals surface area contributed by atoms with E-state index in [1.165, 1.54) is 18.3 Å². The Balaban J connectivity index is 0.00000109. The van der Waals surface area contributed by atoms with Crippen molar-refractivity contribution in [3.05, 3.63) is 59.7 Å². The molecule has 0 saturated heterocycles. The smallest absolute Gasteiger partial charge is 0.269 e. The number of aliphatic hydroxyl groups excluding tert-OH is 1. The maximum Gasteiger partial charge on any atom is 0.269 e. The van der Waals surface area contributed by atoms with Gasteiger partial charge in [0, 0.05) is 19.9 Å². The summed E-state index contributed by atoms with van der Waals surface area (Å²) < 4.78 is 13.1. The van der Waals surface area contributed by atoms with Crippen molar-refractivity contribution in [3.8, 4) is 11.4 Å². The zero-order chi connectivity index (χ0) is 18.2. The second-order valence-electron chi connectivity index (χ2n) is 4.78. The topological polar surface area (TPSA) is 130 Å². The molecule has 2 aromatic heterocycles. The zero-order valence-electron chi connectivity index (χ0n) is 13.4. The average Bonchev–Trinajstić information content (AvgIpc) is 3.12. The van der Waals surface area contributed by atoms with Crippen LogP contribution < -0.4 is 11.1 Å². The third-order valence-corrected chi connectivity index (χ3v) is 3.10. The van der Waals surface area contributed by atoms with Crippen LogP contribution in [0.2, 0.25) is 0 Å². The van der Waals surface area contributed by atoms with Crippen LogP contribution in [-0.2, 0) is 6.54 Å². The molecule has 2 heterocycles. The van der Waals surface area contributed by atoms with Gasteiger partial charge in [-0.25, -0.2) is 14.4 Å². The number of nitrogens with zero attached hydrogens (tertiary/aromatic N) is 3. The van der Waals surface area contributed by atoms with Gasteiger partial charge < -0.3 is 16.2 Å². The van der Waals surface area contributed by atoms with E-state index in [4.69, 9.17) is 10.8 Å². The number of aliphatic hydroxyl groups is 1. The number of aromatic nitrogens is 4. The molecule has 0 saturated carbocycles. The van der Waals surface area contributed by atoms with E-state index in [9.17, 15) is 9.18 Å². The van der Waals surface area contributed by atoms with Gasteiger partial charge in [-0.2, -0.15) is 5.10 Å². The lowest BCUT2D eigenvalue weighted by Crippen LogP contribution is -2.23. The van der Waals surface area contributed by atoms with E-state index < -0.39 is 0 Å². The number of amides is 1. The van der Waals surface area contributed by atoms with E-state index in [1.54, 1.807) is 24.3 Å². The highest BCUT2D eigenvalue weighted by molar-refractivity contribution is 5.93. The number of hydrogen-bond donors (Lipinski definition) is 4. The normalized spacial score (nSPS) is 9.88. The number of carbonyl (C=O) groups excluding carboxylic acids is 1. The van der Waals surface area contributed by atoms with Gasteiger partial charge in [0.1, 0.15) is 17.2 Å². The Morgan fingerprint density at radius 1 is 1.28 bits per heavy atom. The number of nitrogens with two attached hydrogens (primary N) is 1. The molecule has 0 aliphatic heterocycles. The predicted molar refractivity (Wildman–Crippen MR) is 89.7 cm³/mol. The molecular weight excluding hydrogens is 327 g/mol. The molecular formula is C16H17FN6O2. The molecule has 0 atom stereocenters. The van der Waals surface area contributed by atoms with Crippen LogP contribution in [0.1, 0.15) is 16.1 Å². The quantitative estimate of drug-likeness (QED) is 0.561. The zero-order valence-corrected chi connectivity index (χ0v) is 13.4. The Kier molecular flexibility index (Phi) is 6.13. The van der Waals surface area contributed by atoms with Crippen molar-refractivity contribution in [3.63, 3.8) is 0 Å². The summed E-state index contributed by atoms with van der Waals surface area (Å²) in [5.74, 6) is -0.570. The third-order valence-electron chi connectivity index (χ3n) is 3.10. The fourth-order valence-corrected chi connectivity index (χ4v) is 2.01. The van der Waals surface area contributed by atoms with Crippen LogP contribution in [0, 0.1) is 5.82 Å². The monoisotopic (exact) mass is 344 g/mol. The number of H-pyrrole nitrogens is 1. The van der Waals surface area contributed by atoms with E-state index in [0.29, 0.717) is 17.0 Å². The number of hydrogen-bond acceptors (Lipinski definition) is 6. The molecule has 1 amide bonds. The largest absolute Gasteiger partial charge is 0.400 e. The Morgan fingerprint density at radius 2 is 2.08 bits per heavy atom.